The molecule has 0 aliphatic rings. The number of anilines is 1. The maximum Gasteiger partial charge on any atom is 0.251 e. The molecule has 0 unspecified atom stereocenters. The Hall–Kier alpha value is -2.26. The van der Waals surface area contributed by atoms with Gasteiger partial charge in [0.25, 0.3) is 5.91 Å². The predicted octanol–water partition coefficient (Wildman–Crippen LogP) is 4.49. The van der Waals surface area contributed by atoms with E-state index in [9.17, 15) is 4.79 Å². The molecule has 0 aliphatic heterocycles. The van der Waals surface area contributed by atoms with E-state index in [4.69, 9.17) is 16.3 Å². The molecule has 0 heterocycles. The van der Waals surface area contributed by atoms with Crippen LogP contribution in [0.4, 0.5) is 5.69 Å². The van der Waals surface area contributed by atoms with Gasteiger partial charge in [-0.2, -0.15) is 0 Å². The van der Waals surface area contributed by atoms with Crippen LogP contribution in [0.2, 0.25) is 5.02 Å². The topological polar surface area (TPSA) is 38.3 Å². The average Bonchev–Trinajstić information content (AvgIpc) is 2.43. The molecular weight excluding hydrogens is 286 g/mol. The smallest absolute Gasteiger partial charge is 0.251 e. The van der Waals surface area contributed by atoms with E-state index in [-0.39, 0.29) is 5.91 Å². The number of hydrogen-bond acceptors (Lipinski definition) is 2. The van der Waals surface area contributed by atoms with Gasteiger partial charge in [0, 0.05) is 16.8 Å². The van der Waals surface area contributed by atoms with Crippen molar-refractivity contribution in [2.24, 2.45) is 0 Å². The molecule has 1 amide bonds. The van der Waals surface area contributed by atoms with E-state index in [0.717, 1.165) is 11.3 Å². The molecule has 2 aromatic carbocycles. The summed E-state index contributed by atoms with van der Waals surface area (Å²) < 4.78 is 5.31. The van der Waals surface area contributed by atoms with E-state index >= 15 is 0 Å². The molecule has 0 bridgehead atoms. The van der Waals surface area contributed by atoms with Gasteiger partial charge in [0.15, 0.2) is 0 Å². The van der Waals surface area contributed by atoms with E-state index in [1.165, 1.54) is 17.9 Å². The molecule has 108 valence electrons. The summed E-state index contributed by atoms with van der Waals surface area (Å²) in [6.07, 6.45) is 2.66. The van der Waals surface area contributed by atoms with Gasteiger partial charge in [0.2, 0.25) is 0 Å². The van der Waals surface area contributed by atoms with Crippen LogP contribution in [0.25, 0.3) is 0 Å². The van der Waals surface area contributed by atoms with E-state index in [1.54, 1.807) is 24.3 Å². The predicted molar refractivity (Wildman–Crippen MR) is 85.8 cm³/mol. The fraction of sp³-hybridized carbons (Fsp3) is 0.118. The van der Waals surface area contributed by atoms with E-state index in [1.807, 2.05) is 32.0 Å². The number of halogens is 1. The Balaban J connectivity index is 1.92. The molecule has 2 rings (SSSR count). The Labute approximate surface area is 129 Å². The molecule has 2 aromatic rings. The normalized spacial score (nSPS) is 10.6. The highest BCUT2D eigenvalue weighted by Crippen LogP contribution is 2.17. The van der Waals surface area contributed by atoms with Crippen LogP contribution in [0.1, 0.15) is 11.1 Å². The summed E-state index contributed by atoms with van der Waals surface area (Å²) in [5.74, 6) is 0.331. The van der Waals surface area contributed by atoms with Gasteiger partial charge in [-0.1, -0.05) is 23.7 Å². The fourth-order valence-electron chi connectivity index (χ4n) is 1.72. The minimum Gasteiger partial charge on any atom is -0.465 e. The molecule has 0 saturated carbocycles. The molecule has 0 spiro atoms. The van der Waals surface area contributed by atoms with Crippen molar-refractivity contribution >= 4 is 23.2 Å². The summed E-state index contributed by atoms with van der Waals surface area (Å²) >= 11 is 5.84. The third-order valence-corrected chi connectivity index (χ3v) is 3.23. The van der Waals surface area contributed by atoms with Gasteiger partial charge in [0.05, 0.1) is 6.26 Å². The van der Waals surface area contributed by atoms with E-state index in [0.29, 0.717) is 10.8 Å². The van der Waals surface area contributed by atoms with Crippen molar-refractivity contribution in [3.8, 4) is 5.75 Å². The SMILES string of the molecule is Cc1ccc(NC(=O)C=COc2cccc(Cl)c2)cc1C. The summed E-state index contributed by atoms with van der Waals surface area (Å²) in [6, 6.07) is 12.7. The maximum absolute atomic E-state index is 11.8. The molecule has 21 heavy (non-hydrogen) atoms. The molecule has 4 heteroatoms. The molecule has 0 atom stereocenters. The lowest BCUT2D eigenvalue weighted by Crippen LogP contribution is -2.08. The number of rotatable bonds is 4. The highest BCUT2D eigenvalue weighted by atomic mass is 35.5. The minimum atomic E-state index is -0.250. The van der Waals surface area contributed by atoms with Gasteiger partial charge in [-0.25, -0.2) is 0 Å². The van der Waals surface area contributed by atoms with Crippen LogP contribution in [-0.2, 0) is 4.79 Å². The molecule has 0 aromatic heterocycles. The van der Waals surface area contributed by atoms with Crippen LogP contribution < -0.4 is 10.1 Å². The largest absolute Gasteiger partial charge is 0.465 e. The second-order valence-electron chi connectivity index (χ2n) is 4.67. The maximum atomic E-state index is 11.8. The Morgan fingerprint density at radius 3 is 2.67 bits per heavy atom. The third kappa shape index (κ3) is 4.65. The zero-order chi connectivity index (χ0) is 15.2. The van der Waals surface area contributed by atoms with Crippen molar-refractivity contribution < 1.29 is 9.53 Å². The van der Waals surface area contributed by atoms with Crippen molar-refractivity contribution in [3.63, 3.8) is 0 Å². The zero-order valence-electron chi connectivity index (χ0n) is 11.9. The summed E-state index contributed by atoms with van der Waals surface area (Å²) in [7, 11) is 0. The van der Waals surface area contributed by atoms with Crippen LogP contribution in [0.15, 0.2) is 54.8 Å². The standard InChI is InChI=1S/C17H16ClNO2/c1-12-6-7-15(10-13(12)2)19-17(20)8-9-21-16-5-3-4-14(18)11-16/h3-11H,1-2H3,(H,19,20). The van der Waals surface area contributed by atoms with Gasteiger partial charge in [-0.3, -0.25) is 4.79 Å². The highest BCUT2D eigenvalue weighted by Gasteiger charge is 2.00. The van der Waals surface area contributed by atoms with Gasteiger partial charge < -0.3 is 10.1 Å². The Morgan fingerprint density at radius 1 is 1.14 bits per heavy atom. The first kappa shape index (κ1) is 15.1. The average molecular weight is 302 g/mol. The quantitative estimate of drug-likeness (QED) is 0.667. The first-order valence-corrected chi connectivity index (χ1v) is 6.89. The number of aryl methyl sites for hydroxylation is 2. The molecule has 0 radical (unpaired) electrons. The van der Waals surface area contributed by atoms with Crippen LogP contribution >= 0.6 is 11.6 Å². The number of carbonyl (C=O) groups is 1. The summed E-state index contributed by atoms with van der Waals surface area (Å²) in [5, 5.41) is 3.36. The lowest BCUT2D eigenvalue weighted by Gasteiger charge is -2.05. The molecular formula is C17H16ClNO2. The second kappa shape index (κ2) is 6.95. The van der Waals surface area contributed by atoms with Crippen LogP contribution in [0, 0.1) is 13.8 Å². The Kier molecular flexibility index (Phi) is 5.01. The van der Waals surface area contributed by atoms with Gasteiger partial charge in [-0.15, -0.1) is 0 Å². The molecule has 1 N–H and O–H groups in total. The number of carbonyl (C=O) groups excluding carboxylic acids is 1. The minimum absolute atomic E-state index is 0.250. The number of hydrogen-bond donors (Lipinski definition) is 1. The second-order valence-corrected chi connectivity index (χ2v) is 5.10. The van der Waals surface area contributed by atoms with Crippen molar-refractivity contribution in [3.05, 3.63) is 71.0 Å². The summed E-state index contributed by atoms with van der Waals surface area (Å²) in [5.41, 5.74) is 3.08. The van der Waals surface area contributed by atoms with Gasteiger partial charge in [0.1, 0.15) is 5.75 Å². The summed E-state index contributed by atoms with van der Waals surface area (Å²) in [6.45, 7) is 4.03. The van der Waals surface area contributed by atoms with Crippen LogP contribution in [0.3, 0.4) is 0 Å². The van der Waals surface area contributed by atoms with Crippen LogP contribution in [0.5, 0.6) is 5.75 Å². The number of amides is 1. The molecule has 0 aliphatic carbocycles. The van der Waals surface area contributed by atoms with Crippen molar-refractivity contribution in [1.29, 1.82) is 0 Å². The van der Waals surface area contributed by atoms with Crippen molar-refractivity contribution in [2.45, 2.75) is 13.8 Å². The number of nitrogens with one attached hydrogen (secondary N) is 1. The van der Waals surface area contributed by atoms with Crippen LogP contribution in [-0.4, -0.2) is 5.91 Å². The van der Waals surface area contributed by atoms with Gasteiger partial charge >= 0.3 is 0 Å². The fourth-order valence-corrected chi connectivity index (χ4v) is 1.90. The Morgan fingerprint density at radius 2 is 1.95 bits per heavy atom. The summed E-state index contributed by atoms with van der Waals surface area (Å²) in [4.78, 5) is 11.8. The lowest BCUT2D eigenvalue weighted by molar-refractivity contribution is -0.112. The zero-order valence-corrected chi connectivity index (χ0v) is 12.6. The third-order valence-electron chi connectivity index (χ3n) is 2.99. The number of benzene rings is 2. The molecule has 0 fully saturated rings. The first-order valence-electron chi connectivity index (χ1n) is 6.51. The van der Waals surface area contributed by atoms with Crippen molar-refractivity contribution in [1.82, 2.24) is 0 Å². The first-order chi connectivity index (χ1) is 10.0. The van der Waals surface area contributed by atoms with Crippen molar-refractivity contribution in [2.75, 3.05) is 5.32 Å². The molecule has 0 saturated heterocycles. The lowest BCUT2D eigenvalue weighted by atomic mass is 10.1. The van der Waals surface area contributed by atoms with E-state index in [2.05, 4.69) is 5.32 Å². The number of ether oxygens (including phenoxy) is 1. The molecule has 3 nitrogen and oxygen atoms in total. The Bertz CT molecular complexity index is 680. The highest BCUT2D eigenvalue weighted by molar-refractivity contribution is 6.30. The van der Waals surface area contributed by atoms with E-state index < -0.39 is 0 Å². The monoisotopic (exact) mass is 301 g/mol. The van der Waals surface area contributed by atoms with Gasteiger partial charge in [-0.05, 0) is 55.3 Å².